The van der Waals surface area contributed by atoms with E-state index in [1.54, 1.807) is 13.2 Å². The van der Waals surface area contributed by atoms with Gasteiger partial charge in [0.15, 0.2) is 0 Å². The summed E-state index contributed by atoms with van der Waals surface area (Å²) in [5.41, 5.74) is 1.79. The molecule has 24 heavy (non-hydrogen) atoms. The van der Waals surface area contributed by atoms with E-state index in [4.69, 9.17) is 4.74 Å². The second kappa shape index (κ2) is 7.71. The van der Waals surface area contributed by atoms with Crippen LogP contribution in [0.25, 0.3) is 0 Å². The zero-order valence-electron chi connectivity index (χ0n) is 13.7. The van der Waals surface area contributed by atoms with Crippen molar-refractivity contribution in [2.75, 3.05) is 25.5 Å². The number of anilines is 1. The monoisotopic (exact) mass is 388 g/mol. The molecule has 0 bridgehead atoms. The Hall–Kier alpha value is -2.01. The molecule has 1 heterocycles. The Morgan fingerprint density at radius 2 is 1.92 bits per heavy atom. The summed E-state index contributed by atoms with van der Waals surface area (Å²) >= 11 is 3.56. The van der Waals surface area contributed by atoms with Crippen LogP contribution < -0.4 is 10.1 Å². The summed E-state index contributed by atoms with van der Waals surface area (Å²) in [6.07, 6.45) is 1.88. The lowest BCUT2D eigenvalue weighted by atomic mass is 10.0. The highest BCUT2D eigenvalue weighted by atomic mass is 79.9. The number of halogens is 1. The molecule has 5 heteroatoms. The SMILES string of the molecule is COc1cccc(C(=O)N2CCC(Nc3ccccc3Br)CC2)c1. The van der Waals surface area contributed by atoms with Gasteiger partial charge in [0.1, 0.15) is 5.75 Å². The Labute approximate surface area is 150 Å². The molecule has 1 N–H and O–H groups in total. The van der Waals surface area contributed by atoms with Gasteiger partial charge in [-0.1, -0.05) is 18.2 Å². The summed E-state index contributed by atoms with van der Waals surface area (Å²) in [4.78, 5) is 14.6. The number of carbonyl (C=O) groups excluding carboxylic acids is 1. The zero-order chi connectivity index (χ0) is 16.9. The molecule has 126 valence electrons. The highest BCUT2D eigenvalue weighted by molar-refractivity contribution is 9.10. The molecule has 1 saturated heterocycles. The van der Waals surface area contributed by atoms with Crippen molar-refractivity contribution in [2.45, 2.75) is 18.9 Å². The summed E-state index contributed by atoms with van der Waals surface area (Å²) in [5.74, 6) is 0.791. The van der Waals surface area contributed by atoms with Gasteiger partial charge in [-0.2, -0.15) is 0 Å². The van der Waals surface area contributed by atoms with Gasteiger partial charge in [-0.15, -0.1) is 0 Å². The summed E-state index contributed by atoms with van der Waals surface area (Å²) in [6.45, 7) is 1.52. The van der Waals surface area contributed by atoms with Crippen molar-refractivity contribution >= 4 is 27.5 Å². The van der Waals surface area contributed by atoms with Crippen LogP contribution in [0.2, 0.25) is 0 Å². The number of ether oxygens (including phenoxy) is 1. The summed E-state index contributed by atoms with van der Waals surface area (Å²) < 4.78 is 6.27. The van der Waals surface area contributed by atoms with Crippen molar-refractivity contribution in [3.63, 3.8) is 0 Å². The number of amides is 1. The second-order valence-corrected chi connectivity index (χ2v) is 6.78. The van der Waals surface area contributed by atoms with Crippen LogP contribution in [0.15, 0.2) is 53.0 Å². The molecule has 0 spiro atoms. The number of carbonyl (C=O) groups is 1. The molecule has 3 rings (SSSR count). The molecule has 0 radical (unpaired) electrons. The minimum Gasteiger partial charge on any atom is -0.497 e. The third-order valence-corrected chi connectivity index (χ3v) is 5.02. The molecule has 0 aliphatic carbocycles. The van der Waals surface area contributed by atoms with Crippen molar-refractivity contribution in [3.05, 3.63) is 58.6 Å². The number of para-hydroxylation sites is 1. The van der Waals surface area contributed by atoms with E-state index in [0.717, 1.165) is 36.1 Å². The number of nitrogens with one attached hydrogen (secondary N) is 1. The maximum absolute atomic E-state index is 12.6. The molecule has 2 aromatic rings. The van der Waals surface area contributed by atoms with E-state index >= 15 is 0 Å². The smallest absolute Gasteiger partial charge is 0.253 e. The minimum absolute atomic E-state index is 0.0771. The number of rotatable bonds is 4. The van der Waals surface area contributed by atoms with Crippen LogP contribution in [0.5, 0.6) is 5.75 Å². The largest absolute Gasteiger partial charge is 0.497 e. The van der Waals surface area contributed by atoms with Crippen molar-refractivity contribution in [2.24, 2.45) is 0 Å². The van der Waals surface area contributed by atoms with Crippen LogP contribution in [0.4, 0.5) is 5.69 Å². The third kappa shape index (κ3) is 3.90. The van der Waals surface area contributed by atoms with Crippen LogP contribution >= 0.6 is 15.9 Å². The average Bonchev–Trinajstić information content (AvgIpc) is 2.64. The molecular formula is C19H21BrN2O2. The fraction of sp³-hybridized carbons (Fsp3) is 0.316. The van der Waals surface area contributed by atoms with E-state index in [-0.39, 0.29) is 5.91 Å². The fourth-order valence-electron chi connectivity index (χ4n) is 2.96. The lowest BCUT2D eigenvalue weighted by Gasteiger charge is -2.33. The van der Waals surface area contributed by atoms with Gasteiger partial charge in [0.05, 0.1) is 7.11 Å². The molecule has 1 fully saturated rings. The van der Waals surface area contributed by atoms with Crippen LogP contribution in [0.1, 0.15) is 23.2 Å². The first-order chi connectivity index (χ1) is 11.7. The molecule has 0 aromatic heterocycles. The topological polar surface area (TPSA) is 41.6 Å². The van der Waals surface area contributed by atoms with E-state index in [9.17, 15) is 4.79 Å². The van der Waals surface area contributed by atoms with E-state index in [2.05, 4.69) is 27.3 Å². The number of nitrogens with zero attached hydrogens (tertiary/aromatic N) is 1. The number of hydrogen-bond acceptors (Lipinski definition) is 3. The predicted octanol–water partition coefficient (Wildman–Crippen LogP) is 4.17. The number of likely N-dealkylation sites (tertiary alicyclic amines) is 1. The number of piperidine rings is 1. The van der Waals surface area contributed by atoms with Crippen LogP contribution in [-0.4, -0.2) is 37.0 Å². The van der Waals surface area contributed by atoms with E-state index < -0.39 is 0 Å². The fourth-order valence-corrected chi connectivity index (χ4v) is 3.36. The van der Waals surface area contributed by atoms with Gasteiger partial charge >= 0.3 is 0 Å². The lowest BCUT2D eigenvalue weighted by Crippen LogP contribution is -2.42. The van der Waals surface area contributed by atoms with Crippen LogP contribution in [0, 0.1) is 0 Å². The Kier molecular flexibility index (Phi) is 5.41. The average molecular weight is 389 g/mol. The zero-order valence-corrected chi connectivity index (χ0v) is 15.3. The Balaban J connectivity index is 1.58. The molecule has 0 saturated carbocycles. The molecule has 1 amide bonds. The maximum atomic E-state index is 12.6. The van der Waals surface area contributed by atoms with Gasteiger partial charge < -0.3 is 15.0 Å². The van der Waals surface area contributed by atoms with Gasteiger partial charge in [-0.3, -0.25) is 4.79 Å². The van der Waals surface area contributed by atoms with Crippen LogP contribution in [-0.2, 0) is 0 Å². The van der Waals surface area contributed by atoms with Gasteiger partial charge in [-0.05, 0) is 59.1 Å². The molecule has 0 unspecified atom stereocenters. The standard InChI is InChI=1S/C19H21BrN2O2/c1-24-16-6-4-5-14(13-16)19(23)22-11-9-15(10-12-22)21-18-8-3-2-7-17(18)20/h2-8,13,15,21H,9-12H2,1H3. The summed E-state index contributed by atoms with van der Waals surface area (Å²) in [7, 11) is 1.61. The summed E-state index contributed by atoms with van der Waals surface area (Å²) in [6, 6.07) is 15.9. The van der Waals surface area contributed by atoms with Crippen molar-refractivity contribution < 1.29 is 9.53 Å². The van der Waals surface area contributed by atoms with Gasteiger partial charge in [-0.25, -0.2) is 0 Å². The van der Waals surface area contributed by atoms with Crippen LogP contribution in [0.3, 0.4) is 0 Å². The van der Waals surface area contributed by atoms with Crippen molar-refractivity contribution in [1.82, 2.24) is 4.90 Å². The van der Waals surface area contributed by atoms with E-state index in [1.807, 2.05) is 41.3 Å². The predicted molar refractivity (Wildman–Crippen MR) is 99.7 cm³/mol. The molecular weight excluding hydrogens is 368 g/mol. The molecule has 2 aromatic carbocycles. The van der Waals surface area contributed by atoms with Gasteiger partial charge in [0, 0.05) is 34.9 Å². The summed E-state index contributed by atoms with van der Waals surface area (Å²) in [5, 5.41) is 3.56. The number of methoxy groups -OCH3 is 1. The normalized spacial score (nSPS) is 15.2. The van der Waals surface area contributed by atoms with Crippen molar-refractivity contribution in [3.8, 4) is 5.75 Å². The number of benzene rings is 2. The number of hydrogen-bond donors (Lipinski definition) is 1. The Morgan fingerprint density at radius 1 is 1.17 bits per heavy atom. The molecule has 1 aliphatic rings. The first-order valence-corrected chi connectivity index (χ1v) is 8.91. The highest BCUT2D eigenvalue weighted by Gasteiger charge is 2.24. The quantitative estimate of drug-likeness (QED) is 0.853. The van der Waals surface area contributed by atoms with Gasteiger partial charge in [0.2, 0.25) is 0 Å². The first kappa shape index (κ1) is 16.8. The Bertz CT molecular complexity index is 712. The Morgan fingerprint density at radius 3 is 2.62 bits per heavy atom. The lowest BCUT2D eigenvalue weighted by molar-refractivity contribution is 0.0718. The van der Waals surface area contributed by atoms with E-state index in [0.29, 0.717) is 17.4 Å². The van der Waals surface area contributed by atoms with Crippen molar-refractivity contribution in [1.29, 1.82) is 0 Å². The van der Waals surface area contributed by atoms with E-state index in [1.165, 1.54) is 0 Å². The highest BCUT2D eigenvalue weighted by Crippen LogP contribution is 2.25. The molecule has 4 nitrogen and oxygen atoms in total. The second-order valence-electron chi connectivity index (χ2n) is 5.92. The molecule has 1 aliphatic heterocycles. The molecule has 0 atom stereocenters. The van der Waals surface area contributed by atoms with Gasteiger partial charge in [0.25, 0.3) is 5.91 Å². The third-order valence-electron chi connectivity index (χ3n) is 4.33. The first-order valence-electron chi connectivity index (χ1n) is 8.12. The minimum atomic E-state index is 0.0771. The maximum Gasteiger partial charge on any atom is 0.253 e.